The Hall–Kier alpha value is -2.47. The Morgan fingerprint density at radius 1 is 1.10 bits per heavy atom. The molecule has 0 fully saturated rings. The van der Waals surface area contributed by atoms with Crippen molar-refractivity contribution in [2.75, 3.05) is 12.3 Å². The molecule has 0 aliphatic carbocycles. The van der Waals surface area contributed by atoms with Gasteiger partial charge in [0, 0.05) is 5.69 Å². The molecule has 3 heteroatoms. The largest absolute Gasteiger partial charge is 0.493 e. The van der Waals surface area contributed by atoms with Gasteiger partial charge in [0.25, 0.3) is 0 Å². The first kappa shape index (κ1) is 14.9. The smallest absolute Gasteiger partial charge is 0.125 e. The van der Waals surface area contributed by atoms with E-state index < -0.39 is 0 Å². The topological polar surface area (TPSA) is 59.0 Å². The van der Waals surface area contributed by atoms with Crippen molar-refractivity contribution in [3.05, 3.63) is 58.7 Å². The van der Waals surface area contributed by atoms with E-state index in [-0.39, 0.29) is 0 Å². The molecule has 2 rings (SSSR count). The fourth-order valence-electron chi connectivity index (χ4n) is 2.38. The predicted molar refractivity (Wildman–Crippen MR) is 85.3 cm³/mol. The second kappa shape index (κ2) is 6.81. The molecule has 0 amide bonds. The summed E-state index contributed by atoms with van der Waals surface area (Å²) < 4.78 is 5.88. The van der Waals surface area contributed by atoms with Crippen molar-refractivity contribution in [2.45, 2.75) is 26.7 Å². The lowest BCUT2D eigenvalue weighted by atomic mass is 10.1. The van der Waals surface area contributed by atoms with Gasteiger partial charge in [-0.05, 0) is 67.6 Å². The normalized spacial score (nSPS) is 10.1. The third-order valence-corrected chi connectivity index (χ3v) is 3.43. The van der Waals surface area contributed by atoms with Crippen molar-refractivity contribution in [3.63, 3.8) is 0 Å². The highest BCUT2D eigenvalue weighted by Crippen LogP contribution is 2.24. The van der Waals surface area contributed by atoms with E-state index in [1.807, 2.05) is 50.2 Å². The van der Waals surface area contributed by atoms with Crippen LogP contribution >= 0.6 is 0 Å². The van der Waals surface area contributed by atoms with Crippen LogP contribution in [0.2, 0.25) is 0 Å². The molecule has 2 N–H and O–H groups in total. The van der Waals surface area contributed by atoms with Gasteiger partial charge in [-0.2, -0.15) is 5.26 Å². The summed E-state index contributed by atoms with van der Waals surface area (Å²) in [6.45, 7) is 4.62. The summed E-state index contributed by atoms with van der Waals surface area (Å²) >= 11 is 0. The zero-order valence-electron chi connectivity index (χ0n) is 12.5. The van der Waals surface area contributed by atoms with E-state index in [1.54, 1.807) is 0 Å². The van der Waals surface area contributed by atoms with Crippen molar-refractivity contribution in [1.82, 2.24) is 0 Å². The molecule has 0 bridgehead atoms. The van der Waals surface area contributed by atoms with E-state index >= 15 is 0 Å². The van der Waals surface area contributed by atoms with Crippen LogP contribution in [0.5, 0.6) is 5.75 Å². The summed E-state index contributed by atoms with van der Waals surface area (Å²) in [5.41, 5.74) is 10.4. The van der Waals surface area contributed by atoms with Crippen molar-refractivity contribution in [1.29, 1.82) is 5.26 Å². The molecule has 0 saturated carbocycles. The predicted octanol–water partition coefficient (Wildman–Crippen LogP) is 3.77. The zero-order valence-corrected chi connectivity index (χ0v) is 12.5. The molecule has 0 saturated heterocycles. The van der Waals surface area contributed by atoms with E-state index in [9.17, 15) is 0 Å². The molecule has 2 aromatic rings. The maximum atomic E-state index is 8.94. The maximum absolute atomic E-state index is 8.94. The van der Waals surface area contributed by atoms with Crippen LogP contribution in [0.4, 0.5) is 5.69 Å². The summed E-state index contributed by atoms with van der Waals surface area (Å²) in [5, 5.41) is 8.94. The number of rotatable bonds is 5. The van der Waals surface area contributed by atoms with Gasteiger partial charge in [0.05, 0.1) is 18.2 Å². The van der Waals surface area contributed by atoms with E-state index in [1.165, 1.54) is 5.56 Å². The molecule has 0 aliphatic rings. The number of nitrogens with two attached hydrogens (primary N) is 1. The standard InChI is InChI=1S/C18H20N2O/c1-13-10-16(12-19)11-14(2)18(13)21-9-3-4-15-5-7-17(20)8-6-15/h5-8,10-11H,3-4,9,20H2,1-2H3. The van der Waals surface area contributed by atoms with Gasteiger partial charge in [-0.3, -0.25) is 0 Å². The molecule has 0 spiro atoms. The number of anilines is 1. The first-order valence-electron chi connectivity index (χ1n) is 7.08. The fourth-order valence-corrected chi connectivity index (χ4v) is 2.38. The Morgan fingerprint density at radius 2 is 1.71 bits per heavy atom. The van der Waals surface area contributed by atoms with Gasteiger partial charge in [-0.25, -0.2) is 0 Å². The highest BCUT2D eigenvalue weighted by atomic mass is 16.5. The van der Waals surface area contributed by atoms with Gasteiger partial charge in [0.15, 0.2) is 0 Å². The van der Waals surface area contributed by atoms with Crippen LogP contribution in [0, 0.1) is 25.2 Å². The van der Waals surface area contributed by atoms with Crippen LogP contribution in [0.15, 0.2) is 36.4 Å². The van der Waals surface area contributed by atoms with Crippen molar-refractivity contribution in [3.8, 4) is 11.8 Å². The lowest BCUT2D eigenvalue weighted by Crippen LogP contribution is -2.02. The van der Waals surface area contributed by atoms with Crippen LogP contribution in [-0.2, 0) is 6.42 Å². The Labute approximate surface area is 126 Å². The SMILES string of the molecule is Cc1cc(C#N)cc(C)c1OCCCc1ccc(N)cc1. The third-order valence-electron chi connectivity index (χ3n) is 3.43. The lowest BCUT2D eigenvalue weighted by molar-refractivity contribution is 0.307. The number of ether oxygens (including phenoxy) is 1. The highest BCUT2D eigenvalue weighted by Gasteiger charge is 2.06. The minimum absolute atomic E-state index is 0.665. The Morgan fingerprint density at radius 3 is 2.29 bits per heavy atom. The highest BCUT2D eigenvalue weighted by molar-refractivity contribution is 5.47. The van der Waals surface area contributed by atoms with Gasteiger partial charge in [0.2, 0.25) is 0 Å². The zero-order chi connectivity index (χ0) is 15.2. The summed E-state index contributed by atoms with van der Waals surface area (Å²) in [6, 6.07) is 13.8. The monoisotopic (exact) mass is 280 g/mol. The Balaban J connectivity index is 1.89. The van der Waals surface area contributed by atoms with E-state index in [2.05, 4.69) is 6.07 Å². The number of hydrogen-bond donors (Lipinski definition) is 1. The molecule has 0 aromatic heterocycles. The molecule has 3 nitrogen and oxygen atoms in total. The first-order chi connectivity index (χ1) is 10.1. The first-order valence-corrected chi connectivity index (χ1v) is 7.08. The van der Waals surface area contributed by atoms with Gasteiger partial charge < -0.3 is 10.5 Å². The number of nitriles is 1. The average molecular weight is 280 g/mol. The number of aryl methyl sites for hydroxylation is 3. The quantitative estimate of drug-likeness (QED) is 0.670. The van der Waals surface area contributed by atoms with Crippen LogP contribution in [-0.4, -0.2) is 6.61 Å². The van der Waals surface area contributed by atoms with Crippen LogP contribution in [0.1, 0.15) is 28.7 Å². The average Bonchev–Trinajstić information content (AvgIpc) is 2.47. The molecule has 108 valence electrons. The molecule has 21 heavy (non-hydrogen) atoms. The van der Waals surface area contributed by atoms with Crippen molar-refractivity contribution in [2.24, 2.45) is 0 Å². The molecule has 0 unspecified atom stereocenters. The number of nitrogens with zero attached hydrogens (tertiary/aromatic N) is 1. The van der Waals surface area contributed by atoms with Gasteiger partial charge in [0.1, 0.15) is 5.75 Å². The molecular formula is C18H20N2O. The Kier molecular flexibility index (Phi) is 4.84. The van der Waals surface area contributed by atoms with Crippen LogP contribution < -0.4 is 10.5 Å². The Bertz CT molecular complexity index is 631. The van der Waals surface area contributed by atoms with E-state index in [0.29, 0.717) is 12.2 Å². The summed E-state index contributed by atoms with van der Waals surface area (Å²) in [7, 11) is 0. The van der Waals surface area contributed by atoms with Gasteiger partial charge in [-0.15, -0.1) is 0 Å². The third kappa shape index (κ3) is 4.00. The minimum Gasteiger partial charge on any atom is -0.493 e. The second-order valence-electron chi connectivity index (χ2n) is 5.24. The van der Waals surface area contributed by atoms with Crippen molar-refractivity contribution >= 4 is 5.69 Å². The van der Waals surface area contributed by atoms with Gasteiger partial charge >= 0.3 is 0 Å². The second-order valence-corrected chi connectivity index (χ2v) is 5.24. The molecule has 0 aliphatic heterocycles. The lowest BCUT2D eigenvalue weighted by Gasteiger charge is -2.12. The van der Waals surface area contributed by atoms with Crippen LogP contribution in [0.25, 0.3) is 0 Å². The van der Waals surface area contributed by atoms with Crippen molar-refractivity contribution < 1.29 is 4.74 Å². The van der Waals surface area contributed by atoms with E-state index in [0.717, 1.165) is 35.4 Å². The fraction of sp³-hybridized carbons (Fsp3) is 0.278. The number of nitrogen functional groups attached to an aromatic ring is 1. The molecule has 2 aromatic carbocycles. The summed E-state index contributed by atoms with van der Waals surface area (Å²) in [5.74, 6) is 0.895. The molecular weight excluding hydrogens is 260 g/mol. The van der Waals surface area contributed by atoms with Crippen LogP contribution in [0.3, 0.4) is 0 Å². The molecule has 0 radical (unpaired) electrons. The molecule has 0 atom stereocenters. The maximum Gasteiger partial charge on any atom is 0.125 e. The number of benzene rings is 2. The number of hydrogen-bond acceptors (Lipinski definition) is 3. The summed E-state index contributed by atoms with van der Waals surface area (Å²) in [6.07, 6.45) is 1.91. The van der Waals surface area contributed by atoms with E-state index in [4.69, 9.17) is 15.7 Å². The van der Waals surface area contributed by atoms with Gasteiger partial charge in [-0.1, -0.05) is 12.1 Å². The summed E-state index contributed by atoms with van der Waals surface area (Å²) in [4.78, 5) is 0. The molecule has 0 heterocycles. The minimum atomic E-state index is 0.665.